The molecule has 0 bridgehead atoms. The first kappa shape index (κ1) is 13.7. The molecule has 0 saturated carbocycles. The summed E-state index contributed by atoms with van der Waals surface area (Å²) in [5.74, 6) is -0.985. The Morgan fingerprint density at radius 1 is 1.19 bits per heavy atom. The van der Waals surface area contributed by atoms with Gasteiger partial charge >= 0.3 is 5.97 Å². The van der Waals surface area contributed by atoms with Crippen LogP contribution in [0.1, 0.15) is 10.4 Å². The van der Waals surface area contributed by atoms with Crippen molar-refractivity contribution < 1.29 is 9.90 Å². The molecule has 21 heavy (non-hydrogen) atoms. The van der Waals surface area contributed by atoms with Crippen molar-refractivity contribution in [3.63, 3.8) is 0 Å². The lowest BCUT2D eigenvalue weighted by Gasteiger charge is -2.00. The van der Waals surface area contributed by atoms with Crippen molar-refractivity contribution in [2.75, 3.05) is 0 Å². The van der Waals surface area contributed by atoms with Gasteiger partial charge in [-0.2, -0.15) is 0 Å². The van der Waals surface area contributed by atoms with E-state index in [1.54, 1.807) is 6.07 Å². The van der Waals surface area contributed by atoms with Crippen LogP contribution in [0.5, 0.6) is 0 Å². The standard InChI is InChI=1S/C15H9ClN2O2S/c16-11-4-2-1-3-10(11)13-8-21-14(18-13)12-7-9(15(19)20)5-6-17-12/h1-8H,(H,19,20). The van der Waals surface area contributed by atoms with E-state index in [0.29, 0.717) is 15.7 Å². The minimum atomic E-state index is -0.985. The minimum Gasteiger partial charge on any atom is -0.478 e. The van der Waals surface area contributed by atoms with Gasteiger partial charge in [0.05, 0.1) is 17.0 Å². The number of hydrogen-bond acceptors (Lipinski definition) is 4. The van der Waals surface area contributed by atoms with E-state index in [9.17, 15) is 4.79 Å². The van der Waals surface area contributed by atoms with Gasteiger partial charge in [-0.1, -0.05) is 29.8 Å². The second-order valence-corrected chi connectivity index (χ2v) is 5.52. The van der Waals surface area contributed by atoms with Crippen LogP contribution in [-0.4, -0.2) is 21.0 Å². The molecule has 0 aliphatic heterocycles. The molecule has 0 aliphatic carbocycles. The Bertz CT molecular complexity index is 817. The molecule has 1 aromatic carbocycles. The van der Waals surface area contributed by atoms with E-state index >= 15 is 0 Å². The first-order chi connectivity index (χ1) is 10.1. The summed E-state index contributed by atoms with van der Waals surface area (Å²) in [6.07, 6.45) is 1.47. The molecule has 0 unspecified atom stereocenters. The summed E-state index contributed by atoms with van der Waals surface area (Å²) in [6.45, 7) is 0. The van der Waals surface area contributed by atoms with Crippen molar-refractivity contribution in [1.29, 1.82) is 0 Å². The van der Waals surface area contributed by atoms with E-state index in [1.165, 1.54) is 29.7 Å². The molecular formula is C15H9ClN2O2S. The highest BCUT2D eigenvalue weighted by atomic mass is 35.5. The zero-order chi connectivity index (χ0) is 14.8. The third-order valence-corrected chi connectivity index (χ3v) is 4.07. The van der Waals surface area contributed by atoms with Crippen LogP contribution in [0.15, 0.2) is 48.0 Å². The fraction of sp³-hybridized carbons (Fsp3) is 0. The SMILES string of the molecule is O=C(O)c1ccnc(-c2nc(-c3ccccc3Cl)cs2)c1. The Morgan fingerprint density at radius 3 is 2.76 bits per heavy atom. The van der Waals surface area contributed by atoms with Crippen LogP contribution in [0.3, 0.4) is 0 Å². The lowest BCUT2D eigenvalue weighted by molar-refractivity contribution is 0.0697. The molecule has 2 heterocycles. The predicted molar refractivity (Wildman–Crippen MR) is 82.8 cm³/mol. The number of nitrogens with zero attached hydrogens (tertiary/aromatic N) is 2. The molecule has 4 nitrogen and oxygen atoms in total. The summed E-state index contributed by atoms with van der Waals surface area (Å²) in [4.78, 5) is 19.7. The molecule has 0 fully saturated rings. The number of hydrogen-bond donors (Lipinski definition) is 1. The number of rotatable bonds is 3. The number of aromatic nitrogens is 2. The summed E-state index contributed by atoms with van der Waals surface area (Å²) in [5, 5.41) is 12.2. The van der Waals surface area contributed by atoms with Gasteiger partial charge in [0.25, 0.3) is 0 Å². The molecule has 0 amide bonds. The Kier molecular flexibility index (Phi) is 3.68. The third-order valence-electron chi connectivity index (χ3n) is 2.88. The summed E-state index contributed by atoms with van der Waals surface area (Å²) >= 11 is 7.55. The second-order valence-electron chi connectivity index (χ2n) is 4.25. The molecule has 0 spiro atoms. The summed E-state index contributed by atoms with van der Waals surface area (Å²) < 4.78 is 0. The minimum absolute atomic E-state index is 0.189. The van der Waals surface area contributed by atoms with Crippen molar-refractivity contribution in [2.24, 2.45) is 0 Å². The molecule has 3 rings (SSSR count). The topological polar surface area (TPSA) is 63.1 Å². The van der Waals surface area contributed by atoms with Crippen LogP contribution in [0, 0.1) is 0 Å². The van der Waals surface area contributed by atoms with Crippen molar-refractivity contribution in [1.82, 2.24) is 9.97 Å². The Morgan fingerprint density at radius 2 is 2.00 bits per heavy atom. The quantitative estimate of drug-likeness (QED) is 0.785. The van der Waals surface area contributed by atoms with E-state index in [4.69, 9.17) is 16.7 Å². The van der Waals surface area contributed by atoms with Gasteiger partial charge < -0.3 is 5.11 Å². The maximum absolute atomic E-state index is 11.0. The highest BCUT2D eigenvalue weighted by Gasteiger charge is 2.12. The van der Waals surface area contributed by atoms with Gasteiger partial charge in [-0.15, -0.1) is 11.3 Å². The summed E-state index contributed by atoms with van der Waals surface area (Å²) in [7, 11) is 0. The van der Waals surface area contributed by atoms with Crippen LogP contribution in [0.4, 0.5) is 0 Å². The van der Waals surface area contributed by atoms with Crippen molar-refractivity contribution in [3.8, 4) is 22.0 Å². The Hall–Kier alpha value is -2.24. The van der Waals surface area contributed by atoms with Gasteiger partial charge in [0, 0.05) is 22.2 Å². The monoisotopic (exact) mass is 316 g/mol. The Balaban J connectivity index is 2.01. The van der Waals surface area contributed by atoms with Gasteiger partial charge in [0.1, 0.15) is 5.01 Å². The number of thiazole rings is 1. The van der Waals surface area contributed by atoms with Crippen molar-refractivity contribution >= 4 is 28.9 Å². The lowest BCUT2D eigenvalue weighted by atomic mass is 10.2. The van der Waals surface area contributed by atoms with Crippen LogP contribution >= 0.6 is 22.9 Å². The highest BCUT2D eigenvalue weighted by Crippen LogP contribution is 2.31. The number of aromatic carboxylic acids is 1. The van der Waals surface area contributed by atoms with Gasteiger partial charge in [-0.3, -0.25) is 4.98 Å². The van der Waals surface area contributed by atoms with Gasteiger partial charge in [0.2, 0.25) is 0 Å². The molecule has 3 aromatic rings. The third kappa shape index (κ3) is 2.79. The van der Waals surface area contributed by atoms with Crippen molar-refractivity contribution in [3.05, 3.63) is 58.6 Å². The number of carboxylic acids is 1. The zero-order valence-corrected chi connectivity index (χ0v) is 12.2. The van der Waals surface area contributed by atoms with Crippen LogP contribution < -0.4 is 0 Å². The average molecular weight is 317 g/mol. The van der Waals surface area contributed by atoms with E-state index in [0.717, 1.165) is 11.3 Å². The summed E-state index contributed by atoms with van der Waals surface area (Å²) in [6, 6.07) is 10.4. The maximum atomic E-state index is 11.0. The molecule has 0 atom stereocenters. The molecule has 2 aromatic heterocycles. The molecular weight excluding hydrogens is 308 g/mol. The Labute approximate surface area is 129 Å². The fourth-order valence-electron chi connectivity index (χ4n) is 1.86. The highest BCUT2D eigenvalue weighted by molar-refractivity contribution is 7.13. The van der Waals surface area contributed by atoms with E-state index < -0.39 is 5.97 Å². The number of carbonyl (C=O) groups is 1. The first-order valence-electron chi connectivity index (χ1n) is 6.05. The predicted octanol–water partition coefficient (Wildman–Crippen LogP) is 4.22. The number of carboxylic acid groups (broad SMARTS) is 1. The zero-order valence-electron chi connectivity index (χ0n) is 10.7. The molecule has 1 N–H and O–H groups in total. The molecule has 0 aliphatic rings. The van der Waals surface area contributed by atoms with Gasteiger partial charge in [-0.05, 0) is 18.2 Å². The first-order valence-corrected chi connectivity index (χ1v) is 7.31. The molecule has 6 heteroatoms. The molecule has 104 valence electrons. The fourth-order valence-corrected chi connectivity index (χ4v) is 2.88. The number of benzene rings is 1. The maximum Gasteiger partial charge on any atom is 0.335 e. The van der Waals surface area contributed by atoms with E-state index in [2.05, 4.69) is 9.97 Å². The smallest absolute Gasteiger partial charge is 0.335 e. The normalized spacial score (nSPS) is 10.5. The van der Waals surface area contributed by atoms with Gasteiger partial charge in [-0.25, -0.2) is 9.78 Å². The van der Waals surface area contributed by atoms with Crippen LogP contribution in [0.2, 0.25) is 5.02 Å². The largest absolute Gasteiger partial charge is 0.478 e. The second kappa shape index (κ2) is 5.63. The number of halogens is 1. The van der Waals surface area contributed by atoms with Gasteiger partial charge in [0.15, 0.2) is 0 Å². The molecule has 0 saturated heterocycles. The van der Waals surface area contributed by atoms with Crippen LogP contribution in [0.25, 0.3) is 22.0 Å². The molecule has 0 radical (unpaired) electrons. The average Bonchev–Trinajstić information content (AvgIpc) is 2.97. The van der Waals surface area contributed by atoms with Crippen molar-refractivity contribution in [2.45, 2.75) is 0 Å². The van der Waals surface area contributed by atoms with Crippen LogP contribution in [-0.2, 0) is 0 Å². The lowest BCUT2D eigenvalue weighted by Crippen LogP contribution is -1.97. The van der Waals surface area contributed by atoms with E-state index in [1.807, 2.05) is 23.6 Å². The summed E-state index contributed by atoms with van der Waals surface area (Å²) in [5.41, 5.74) is 2.33. The number of pyridine rings is 1. The van der Waals surface area contributed by atoms with E-state index in [-0.39, 0.29) is 5.56 Å².